The predicted molar refractivity (Wildman–Crippen MR) is 49.7 cm³/mol. The van der Waals surface area contributed by atoms with Crippen LogP contribution in [0.1, 0.15) is 12.8 Å². The molecule has 5 nitrogen and oxygen atoms in total. The van der Waals surface area contributed by atoms with Gasteiger partial charge in [-0.1, -0.05) is 6.58 Å². The molecule has 0 amide bonds. The van der Waals surface area contributed by atoms with E-state index in [9.17, 15) is 4.79 Å². The van der Waals surface area contributed by atoms with Gasteiger partial charge in [0.1, 0.15) is 0 Å². The molecule has 0 aromatic rings. The molecule has 0 aromatic carbocycles. The zero-order chi connectivity index (χ0) is 11.2. The molecule has 14 heavy (non-hydrogen) atoms. The number of carbonyl (C=O) groups is 1. The van der Waals surface area contributed by atoms with Crippen molar-refractivity contribution in [2.75, 3.05) is 19.8 Å². The summed E-state index contributed by atoms with van der Waals surface area (Å²) in [7, 11) is 0. The first-order valence-electron chi connectivity index (χ1n) is 4.29. The van der Waals surface area contributed by atoms with Gasteiger partial charge in [0.05, 0.1) is 13.2 Å². The van der Waals surface area contributed by atoms with E-state index in [1.165, 1.54) is 0 Å². The molecule has 82 valence electrons. The van der Waals surface area contributed by atoms with Crippen LogP contribution < -0.4 is 0 Å². The summed E-state index contributed by atoms with van der Waals surface area (Å²) in [4.78, 5) is 10.6. The lowest BCUT2D eigenvalue weighted by molar-refractivity contribution is -0.135. The van der Waals surface area contributed by atoms with Crippen molar-refractivity contribution in [3.05, 3.63) is 12.2 Å². The molecule has 0 aromatic heterocycles. The number of aliphatic carboxylic acids is 1. The number of carboxylic acid groups (broad SMARTS) is 1. The van der Waals surface area contributed by atoms with Crippen LogP contribution in [-0.4, -0.2) is 46.2 Å². The van der Waals surface area contributed by atoms with E-state index in [0.717, 1.165) is 0 Å². The maximum absolute atomic E-state index is 10.6. The fourth-order valence-corrected chi connectivity index (χ4v) is 1.19. The fourth-order valence-electron chi connectivity index (χ4n) is 1.19. The predicted octanol–water partition coefficient (Wildman–Crippen LogP) is -0.629. The second-order valence-electron chi connectivity index (χ2n) is 3.21. The van der Waals surface area contributed by atoms with Crippen LogP contribution in [0.3, 0.4) is 0 Å². The standard InChI is InChI=1S/C9H16O5/c1-7(8(13)14)9(5-11,6-12)3-2-4-10/h10-12H,1-6H2,(H,13,14). The van der Waals surface area contributed by atoms with E-state index in [2.05, 4.69) is 6.58 Å². The molecule has 0 rings (SSSR count). The number of aliphatic hydroxyl groups excluding tert-OH is 3. The van der Waals surface area contributed by atoms with E-state index in [1.54, 1.807) is 0 Å². The monoisotopic (exact) mass is 204 g/mol. The van der Waals surface area contributed by atoms with E-state index < -0.39 is 24.6 Å². The average molecular weight is 204 g/mol. The van der Waals surface area contributed by atoms with Gasteiger partial charge < -0.3 is 20.4 Å². The molecule has 0 radical (unpaired) electrons. The smallest absolute Gasteiger partial charge is 0.331 e. The highest BCUT2D eigenvalue weighted by molar-refractivity contribution is 5.87. The Bertz CT molecular complexity index is 207. The molecule has 0 saturated carbocycles. The van der Waals surface area contributed by atoms with Crippen LogP contribution >= 0.6 is 0 Å². The highest BCUT2D eigenvalue weighted by Gasteiger charge is 2.35. The molecule has 4 N–H and O–H groups in total. The molecule has 0 aliphatic rings. The van der Waals surface area contributed by atoms with Crippen molar-refractivity contribution < 1.29 is 25.2 Å². The van der Waals surface area contributed by atoms with E-state index in [4.69, 9.17) is 20.4 Å². The van der Waals surface area contributed by atoms with Crippen LogP contribution in [0.4, 0.5) is 0 Å². The quantitative estimate of drug-likeness (QED) is 0.414. The van der Waals surface area contributed by atoms with E-state index in [0.29, 0.717) is 6.42 Å². The van der Waals surface area contributed by atoms with Crippen LogP contribution in [0, 0.1) is 5.41 Å². The van der Waals surface area contributed by atoms with Crippen molar-refractivity contribution in [3.63, 3.8) is 0 Å². The van der Waals surface area contributed by atoms with Gasteiger partial charge in [-0.3, -0.25) is 0 Å². The highest BCUT2D eigenvalue weighted by Crippen LogP contribution is 2.30. The maximum atomic E-state index is 10.6. The summed E-state index contributed by atoms with van der Waals surface area (Å²) in [5, 5.41) is 35.4. The Morgan fingerprint density at radius 1 is 1.21 bits per heavy atom. The number of hydrogen-bond acceptors (Lipinski definition) is 4. The Morgan fingerprint density at radius 2 is 1.71 bits per heavy atom. The minimum Gasteiger partial charge on any atom is -0.478 e. The summed E-state index contributed by atoms with van der Waals surface area (Å²) in [6.45, 7) is 2.22. The zero-order valence-electron chi connectivity index (χ0n) is 7.94. The third kappa shape index (κ3) is 2.80. The van der Waals surface area contributed by atoms with Crippen molar-refractivity contribution >= 4 is 5.97 Å². The maximum Gasteiger partial charge on any atom is 0.331 e. The highest BCUT2D eigenvalue weighted by atomic mass is 16.4. The van der Waals surface area contributed by atoms with Gasteiger partial charge in [-0.25, -0.2) is 4.79 Å². The summed E-state index contributed by atoms with van der Waals surface area (Å²) in [5.74, 6) is -1.24. The molecule has 5 heteroatoms. The van der Waals surface area contributed by atoms with Crippen LogP contribution in [-0.2, 0) is 4.79 Å². The van der Waals surface area contributed by atoms with E-state index >= 15 is 0 Å². The van der Waals surface area contributed by atoms with Crippen molar-refractivity contribution in [1.82, 2.24) is 0 Å². The molecule has 0 spiro atoms. The minimum absolute atomic E-state index is 0.116. The van der Waals surface area contributed by atoms with Crippen LogP contribution in [0.2, 0.25) is 0 Å². The normalized spacial score (nSPS) is 11.4. The Labute approximate surface area is 82.3 Å². The second kappa shape index (κ2) is 5.74. The molecule has 0 unspecified atom stereocenters. The minimum atomic E-state index is -1.24. The lowest BCUT2D eigenvalue weighted by Crippen LogP contribution is -2.35. The summed E-state index contributed by atoms with van der Waals surface area (Å²) >= 11 is 0. The SMILES string of the molecule is C=C(C(=O)O)C(CO)(CO)CCCO. The summed E-state index contributed by atoms with van der Waals surface area (Å²) < 4.78 is 0. The number of carboxylic acids is 1. The van der Waals surface area contributed by atoms with Crippen molar-refractivity contribution in [2.24, 2.45) is 5.41 Å². The van der Waals surface area contributed by atoms with Gasteiger partial charge in [0, 0.05) is 17.6 Å². The number of rotatable bonds is 7. The van der Waals surface area contributed by atoms with Crippen LogP contribution in [0.15, 0.2) is 12.2 Å². The first-order valence-corrected chi connectivity index (χ1v) is 4.29. The molecule has 0 fully saturated rings. The van der Waals surface area contributed by atoms with Gasteiger partial charge >= 0.3 is 5.97 Å². The van der Waals surface area contributed by atoms with Gasteiger partial charge in [-0.2, -0.15) is 0 Å². The largest absolute Gasteiger partial charge is 0.478 e. The van der Waals surface area contributed by atoms with Crippen LogP contribution in [0.25, 0.3) is 0 Å². The molecule has 0 aliphatic heterocycles. The molecular weight excluding hydrogens is 188 g/mol. The Balaban J connectivity index is 4.68. The summed E-state index contributed by atoms with van der Waals surface area (Å²) in [6, 6.07) is 0. The zero-order valence-corrected chi connectivity index (χ0v) is 7.94. The lowest BCUT2D eigenvalue weighted by Gasteiger charge is -2.29. The third-order valence-electron chi connectivity index (χ3n) is 2.32. The molecule has 0 bridgehead atoms. The fraction of sp³-hybridized carbons (Fsp3) is 0.667. The molecule has 0 heterocycles. The molecule has 0 atom stereocenters. The second-order valence-corrected chi connectivity index (χ2v) is 3.21. The average Bonchev–Trinajstić information content (AvgIpc) is 2.19. The first-order chi connectivity index (χ1) is 6.54. The van der Waals surface area contributed by atoms with Crippen LogP contribution in [0.5, 0.6) is 0 Å². The van der Waals surface area contributed by atoms with Gasteiger partial charge in [0.15, 0.2) is 0 Å². The Morgan fingerprint density at radius 3 is 2.00 bits per heavy atom. The number of hydrogen-bond donors (Lipinski definition) is 4. The van der Waals surface area contributed by atoms with Crippen molar-refractivity contribution in [2.45, 2.75) is 12.8 Å². The van der Waals surface area contributed by atoms with Crippen molar-refractivity contribution in [3.8, 4) is 0 Å². The van der Waals surface area contributed by atoms with Gasteiger partial charge in [-0.05, 0) is 12.8 Å². The molecule has 0 aliphatic carbocycles. The van der Waals surface area contributed by atoms with Gasteiger partial charge in [0.2, 0.25) is 0 Å². The third-order valence-corrected chi connectivity index (χ3v) is 2.32. The topological polar surface area (TPSA) is 98.0 Å². The molecule has 0 saturated heterocycles. The lowest BCUT2D eigenvalue weighted by atomic mass is 9.78. The van der Waals surface area contributed by atoms with Crippen molar-refractivity contribution in [1.29, 1.82) is 0 Å². The summed E-state index contributed by atoms with van der Waals surface area (Å²) in [6.07, 6.45) is 0.509. The first kappa shape index (κ1) is 13.1. The molecular formula is C9H16O5. The Hall–Kier alpha value is -0.910. The van der Waals surface area contributed by atoms with E-state index in [1.807, 2.05) is 0 Å². The number of aliphatic hydroxyl groups is 3. The van der Waals surface area contributed by atoms with Gasteiger partial charge in [0.25, 0.3) is 0 Å². The van der Waals surface area contributed by atoms with Gasteiger partial charge in [-0.15, -0.1) is 0 Å². The Kier molecular flexibility index (Phi) is 5.37. The van der Waals surface area contributed by atoms with E-state index in [-0.39, 0.29) is 18.6 Å². The summed E-state index contributed by atoms with van der Waals surface area (Å²) in [5.41, 5.74) is -1.45.